The van der Waals surface area contributed by atoms with Crippen molar-refractivity contribution in [3.05, 3.63) is 108 Å². The van der Waals surface area contributed by atoms with Gasteiger partial charge in [-0.3, -0.25) is 0 Å². The Labute approximate surface area is 206 Å². The van der Waals surface area contributed by atoms with Crippen LogP contribution in [0, 0.1) is 0 Å². The van der Waals surface area contributed by atoms with Gasteiger partial charge in [-0.15, -0.1) is 0 Å². The third-order valence-electron chi connectivity index (χ3n) is 5.78. The van der Waals surface area contributed by atoms with E-state index in [0.717, 1.165) is 0 Å². The quantitative estimate of drug-likeness (QED) is 0.347. The summed E-state index contributed by atoms with van der Waals surface area (Å²) in [7, 11) is 0. The summed E-state index contributed by atoms with van der Waals surface area (Å²) in [6, 6.07) is 23.5. The van der Waals surface area contributed by atoms with Gasteiger partial charge in [0.25, 0.3) is 0 Å². The smallest absolute Gasteiger partial charge is 0.338 e. The Morgan fingerprint density at radius 3 is 0.889 bits per heavy atom. The fourth-order valence-corrected chi connectivity index (χ4v) is 3.88. The average Bonchev–Trinajstić information content (AvgIpc) is 2.92. The molecule has 1 aliphatic carbocycles. The van der Waals surface area contributed by atoms with Crippen LogP contribution in [0.25, 0.3) is 0 Å². The van der Waals surface area contributed by atoms with Crippen LogP contribution in [0.5, 0.6) is 0 Å². The number of hydrogen-bond donors (Lipinski definition) is 3. The Morgan fingerprint density at radius 2 is 0.667 bits per heavy atom. The second kappa shape index (κ2) is 11.1. The molecule has 9 heteroatoms. The van der Waals surface area contributed by atoms with Crippen molar-refractivity contribution in [2.45, 2.75) is 36.6 Å². The second-order valence-electron chi connectivity index (χ2n) is 8.18. The highest BCUT2D eigenvalue weighted by molar-refractivity contribution is 5.90. The Morgan fingerprint density at radius 1 is 0.444 bits per heavy atom. The number of esters is 3. The van der Waals surface area contributed by atoms with Crippen LogP contribution >= 0.6 is 0 Å². The number of carbonyl (C=O) groups is 3. The van der Waals surface area contributed by atoms with E-state index < -0.39 is 54.5 Å². The fourth-order valence-electron chi connectivity index (χ4n) is 3.88. The lowest BCUT2D eigenvalue weighted by Gasteiger charge is -2.43. The molecule has 0 radical (unpaired) electrons. The van der Waals surface area contributed by atoms with Crippen molar-refractivity contribution in [2.24, 2.45) is 0 Å². The highest BCUT2D eigenvalue weighted by Gasteiger charge is 2.55. The molecule has 0 aliphatic heterocycles. The summed E-state index contributed by atoms with van der Waals surface area (Å²) in [5.74, 6) is -2.64. The van der Waals surface area contributed by atoms with Gasteiger partial charge in [0.2, 0.25) is 0 Å². The van der Waals surface area contributed by atoms with E-state index >= 15 is 0 Å². The SMILES string of the molecule is O=C(OC1C(O)C(OC(=O)c2ccccc2)C(O)C(OC(=O)c2ccccc2)C1O)c1ccccc1. The van der Waals surface area contributed by atoms with E-state index in [0.29, 0.717) is 0 Å². The fraction of sp³-hybridized carbons (Fsp3) is 0.222. The van der Waals surface area contributed by atoms with Crippen molar-refractivity contribution in [3.8, 4) is 0 Å². The van der Waals surface area contributed by atoms with Gasteiger partial charge in [0.05, 0.1) is 16.7 Å². The van der Waals surface area contributed by atoms with Crippen LogP contribution < -0.4 is 0 Å². The maximum absolute atomic E-state index is 12.7. The summed E-state index contributed by atoms with van der Waals surface area (Å²) in [6.45, 7) is 0. The Hall–Kier alpha value is -4.05. The minimum Gasteiger partial charge on any atom is -0.453 e. The number of aliphatic hydroxyl groups excluding tert-OH is 3. The first-order valence-electron chi connectivity index (χ1n) is 11.2. The molecule has 0 atom stereocenters. The predicted molar refractivity (Wildman–Crippen MR) is 125 cm³/mol. The molecule has 3 aromatic rings. The Kier molecular flexibility index (Phi) is 7.74. The van der Waals surface area contributed by atoms with E-state index in [4.69, 9.17) is 14.2 Å². The van der Waals surface area contributed by atoms with Gasteiger partial charge < -0.3 is 29.5 Å². The van der Waals surface area contributed by atoms with Gasteiger partial charge >= 0.3 is 17.9 Å². The Bertz CT molecular complexity index is 1020. The second-order valence-corrected chi connectivity index (χ2v) is 8.18. The number of benzene rings is 3. The first-order valence-corrected chi connectivity index (χ1v) is 11.2. The van der Waals surface area contributed by atoms with E-state index in [9.17, 15) is 29.7 Å². The van der Waals surface area contributed by atoms with Crippen LogP contribution in [0.1, 0.15) is 31.1 Å². The van der Waals surface area contributed by atoms with E-state index in [-0.39, 0.29) is 16.7 Å². The van der Waals surface area contributed by atoms with Crippen LogP contribution in [0.4, 0.5) is 0 Å². The molecule has 4 rings (SSSR count). The number of rotatable bonds is 6. The molecule has 186 valence electrons. The highest BCUT2D eigenvalue weighted by atomic mass is 16.6. The molecule has 1 aliphatic rings. The minimum absolute atomic E-state index is 0.138. The number of carbonyl (C=O) groups excluding carboxylic acids is 3. The van der Waals surface area contributed by atoms with Crippen molar-refractivity contribution in [1.82, 2.24) is 0 Å². The van der Waals surface area contributed by atoms with Crippen LogP contribution in [0.3, 0.4) is 0 Å². The zero-order chi connectivity index (χ0) is 25.7. The monoisotopic (exact) mass is 492 g/mol. The molecule has 3 aromatic carbocycles. The highest BCUT2D eigenvalue weighted by Crippen LogP contribution is 2.30. The van der Waals surface area contributed by atoms with Crippen LogP contribution in [0.15, 0.2) is 91.0 Å². The minimum atomic E-state index is -1.83. The lowest BCUT2D eigenvalue weighted by atomic mass is 9.84. The summed E-state index contributed by atoms with van der Waals surface area (Å²) in [4.78, 5) is 38.0. The summed E-state index contributed by atoms with van der Waals surface area (Å²) in [5.41, 5.74) is 0.413. The molecule has 0 aromatic heterocycles. The molecule has 3 N–H and O–H groups in total. The largest absolute Gasteiger partial charge is 0.453 e. The molecule has 0 bridgehead atoms. The van der Waals surface area contributed by atoms with Crippen LogP contribution in [-0.4, -0.2) is 69.9 Å². The topological polar surface area (TPSA) is 140 Å². The molecule has 36 heavy (non-hydrogen) atoms. The van der Waals surface area contributed by atoms with Gasteiger partial charge in [-0.05, 0) is 36.4 Å². The first kappa shape index (κ1) is 25.1. The third kappa shape index (κ3) is 5.44. The lowest BCUT2D eigenvalue weighted by molar-refractivity contribution is -0.223. The zero-order valence-corrected chi connectivity index (χ0v) is 18.9. The molecular formula is C27H24O9. The van der Waals surface area contributed by atoms with Crippen molar-refractivity contribution in [2.75, 3.05) is 0 Å². The Balaban J connectivity index is 1.61. The standard InChI is InChI=1S/C27H24O9/c28-19-22(34-25(31)16-10-4-1-5-11-16)20(29)24(36-27(33)18-14-8-3-9-15-18)21(30)23(19)35-26(32)17-12-6-2-7-13-17/h1-15,19-24,28-30H. The summed E-state index contributed by atoms with van der Waals surface area (Å²) in [5, 5.41) is 32.7. The van der Waals surface area contributed by atoms with Gasteiger partial charge in [0, 0.05) is 0 Å². The van der Waals surface area contributed by atoms with Crippen LogP contribution in [0.2, 0.25) is 0 Å². The summed E-state index contributed by atoms with van der Waals surface area (Å²) < 4.78 is 16.1. The molecule has 0 amide bonds. The normalized spacial score (nSPS) is 25.4. The zero-order valence-electron chi connectivity index (χ0n) is 18.9. The molecular weight excluding hydrogens is 468 g/mol. The van der Waals surface area contributed by atoms with Gasteiger partial charge in [-0.1, -0.05) is 54.6 Å². The van der Waals surface area contributed by atoms with E-state index in [1.165, 1.54) is 36.4 Å². The van der Waals surface area contributed by atoms with Gasteiger partial charge in [-0.2, -0.15) is 0 Å². The van der Waals surface area contributed by atoms with E-state index in [2.05, 4.69) is 0 Å². The number of ether oxygens (including phenoxy) is 3. The molecule has 0 unspecified atom stereocenters. The predicted octanol–water partition coefficient (Wildman–Crippen LogP) is 1.76. The summed E-state index contributed by atoms with van der Waals surface area (Å²) >= 11 is 0. The molecule has 0 spiro atoms. The molecule has 0 heterocycles. The van der Waals surface area contributed by atoms with Crippen molar-refractivity contribution in [1.29, 1.82) is 0 Å². The van der Waals surface area contributed by atoms with Crippen molar-refractivity contribution in [3.63, 3.8) is 0 Å². The number of aliphatic hydroxyl groups is 3. The van der Waals surface area contributed by atoms with Crippen LogP contribution in [-0.2, 0) is 14.2 Å². The van der Waals surface area contributed by atoms with Gasteiger partial charge in [0.1, 0.15) is 18.3 Å². The number of hydrogen-bond acceptors (Lipinski definition) is 9. The van der Waals surface area contributed by atoms with E-state index in [1.807, 2.05) is 0 Å². The molecule has 1 fully saturated rings. The van der Waals surface area contributed by atoms with Crippen molar-refractivity contribution >= 4 is 17.9 Å². The first-order chi connectivity index (χ1) is 17.4. The molecule has 1 saturated carbocycles. The average molecular weight is 492 g/mol. The van der Waals surface area contributed by atoms with Crippen molar-refractivity contribution < 1.29 is 43.9 Å². The lowest BCUT2D eigenvalue weighted by Crippen LogP contribution is -2.66. The maximum Gasteiger partial charge on any atom is 0.338 e. The van der Waals surface area contributed by atoms with Gasteiger partial charge in [0.15, 0.2) is 18.3 Å². The van der Waals surface area contributed by atoms with Gasteiger partial charge in [-0.25, -0.2) is 14.4 Å². The maximum atomic E-state index is 12.7. The third-order valence-corrected chi connectivity index (χ3v) is 5.78. The molecule has 9 nitrogen and oxygen atoms in total. The summed E-state index contributed by atoms with van der Waals surface area (Å²) in [6.07, 6.45) is -10.6. The molecule has 0 saturated heterocycles. The van der Waals surface area contributed by atoms with E-state index in [1.54, 1.807) is 54.6 Å².